The minimum atomic E-state index is 0.707. The van der Waals surface area contributed by atoms with E-state index in [1.54, 1.807) is 0 Å². The third-order valence-corrected chi connectivity index (χ3v) is 12.0. The van der Waals surface area contributed by atoms with Crippen molar-refractivity contribution in [3.63, 3.8) is 0 Å². The molecule has 0 N–H and O–H groups in total. The summed E-state index contributed by atoms with van der Waals surface area (Å²) in [4.78, 5) is 15.5. The van der Waals surface area contributed by atoms with E-state index >= 15 is 0 Å². The predicted molar refractivity (Wildman–Crippen MR) is 254 cm³/mol. The Morgan fingerprint density at radius 1 is 0.344 bits per heavy atom. The van der Waals surface area contributed by atoms with Crippen LogP contribution < -0.4 is 0 Å². The molecule has 4 nitrogen and oxygen atoms in total. The van der Waals surface area contributed by atoms with Gasteiger partial charge < -0.3 is 4.57 Å². The minimum absolute atomic E-state index is 0.707. The van der Waals surface area contributed by atoms with Crippen molar-refractivity contribution >= 4 is 54.3 Å². The smallest absolute Gasteiger partial charge is 0.160 e. The zero-order chi connectivity index (χ0) is 40.3. The molecule has 3 aromatic heterocycles. The molecule has 0 radical (unpaired) electrons. The molecule has 0 spiro atoms. The molecule has 0 saturated heterocycles. The molecular weight excluding hydrogens is 741 g/mol. The second-order valence-corrected chi connectivity index (χ2v) is 15.6. The number of fused-ring (bicyclic) bond motifs is 8. The maximum Gasteiger partial charge on any atom is 0.160 e. The summed E-state index contributed by atoms with van der Waals surface area (Å²) in [6, 6.07) is 77.4. The maximum atomic E-state index is 5.27. The molecule has 0 amide bonds. The highest BCUT2D eigenvalue weighted by atomic mass is 15.0. The van der Waals surface area contributed by atoms with Gasteiger partial charge in [-0.25, -0.2) is 15.0 Å². The molecule has 0 unspecified atom stereocenters. The van der Waals surface area contributed by atoms with Crippen LogP contribution in [0.5, 0.6) is 0 Å². The van der Waals surface area contributed by atoms with E-state index in [1.165, 1.54) is 32.6 Å². The van der Waals surface area contributed by atoms with Crippen LogP contribution in [0.25, 0.3) is 116 Å². The summed E-state index contributed by atoms with van der Waals surface area (Å²) in [5.41, 5.74) is 13.7. The van der Waals surface area contributed by atoms with Crippen molar-refractivity contribution in [3.05, 3.63) is 218 Å². The Hall–Kier alpha value is -8.21. The average molecular weight is 777 g/mol. The van der Waals surface area contributed by atoms with Crippen molar-refractivity contribution in [1.82, 2.24) is 19.5 Å². The van der Waals surface area contributed by atoms with E-state index in [0.717, 1.165) is 77.8 Å². The molecular formula is C57H36N4. The second-order valence-electron chi connectivity index (χ2n) is 15.6. The number of para-hydroxylation sites is 3. The number of nitrogens with zero attached hydrogens (tertiary/aromatic N) is 4. The van der Waals surface area contributed by atoms with E-state index in [9.17, 15) is 0 Å². The lowest BCUT2D eigenvalue weighted by Gasteiger charge is -2.13. The number of aromatic nitrogens is 4. The summed E-state index contributed by atoms with van der Waals surface area (Å²) in [6.45, 7) is 0. The van der Waals surface area contributed by atoms with Crippen LogP contribution in [-0.4, -0.2) is 19.5 Å². The van der Waals surface area contributed by atoms with Gasteiger partial charge in [-0.1, -0.05) is 176 Å². The predicted octanol–water partition coefficient (Wildman–Crippen LogP) is 14.8. The number of pyridine rings is 1. The Morgan fingerprint density at radius 3 is 1.70 bits per heavy atom. The van der Waals surface area contributed by atoms with Gasteiger partial charge in [0.05, 0.1) is 33.6 Å². The lowest BCUT2D eigenvalue weighted by atomic mass is 9.94. The fraction of sp³-hybridized carbons (Fsp3) is 0. The molecule has 3 heterocycles. The highest BCUT2D eigenvalue weighted by molar-refractivity contribution is 6.30. The van der Waals surface area contributed by atoms with E-state index in [-0.39, 0.29) is 0 Å². The summed E-state index contributed by atoms with van der Waals surface area (Å²) in [7, 11) is 0. The van der Waals surface area contributed by atoms with Crippen LogP contribution in [0.3, 0.4) is 0 Å². The number of hydrogen-bond acceptors (Lipinski definition) is 3. The van der Waals surface area contributed by atoms with Crippen molar-refractivity contribution in [1.29, 1.82) is 0 Å². The third-order valence-electron chi connectivity index (χ3n) is 12.0. The summed E-state index contributed by atoms with van der Waals surface area (Å²) >= 11 is 0. The molecule has 0 aliphatic carbocycles. The van der Waals surface area contributed by atoms with Gasteiger partial charge in [-0.05, 0) is 58.8 Å². The van der Waals surface area contributed by atoms with Gasteiger partial charge in [0.2, 0.25) is 0 Å². The minimum Gasteiger partial charge on any atom is -0.309 e. The Kier molecular flexibility index (Phi) is 8.13. The first-order valence-corrected chi connectivity index (χ1v) is 20.7. The van der Waals surface area contributed by atoms with Gasteiger partial charge in [-0.15, -0.1) is 0 Å². The van der Waals surface area contributed by atoms with Gasteiger partial charge in [-0.2, -0.15) is 0 Å². The van der Waals surface area contributed by atoms with Crippen LogP contribution in [-0.2, 0) is 0 Å². The Morgan fingerprint density at radius 2 is 0.951 bits per heavy atom. The number of rotatable bonds is 6. The maximum absolute atomic E-state index is 5.27. The van der Waals surface area contributed by atoms with Gasteiger partial charge in [0.15, 0.2) is 5.82 Å². The molecule has 9 aromatic carbocycles. The molecule has 61 heavy (non-hydrogen) atoms. The van der Waals surface area contributed by atoms with E-state index in [2.05, 4.69) is 199 Å². The Bertz CT molecular complexity index is 3560. The van der Waals surface area contributed by atoms with Crippen LogP contribution in [0, 0.1) is 0 Å². The summed E-state index contributed by atoms with van der Waals surface area (Å²) in [6.07, 6.45) is 0. The van der Waals surface area contributed by atoms with Crippen molar-refractivity contribution < 1.29 is 0 Å². The summed E-state index contributed by atoms with van der Waals surface area (Å²) in [5, 5.41) is 8.25. The number of hydrogen-bond donors (Lipinski definition) is 0. The molecule has 0 atom stereocenters. The normalized spacial score (nSPS) is 11.6. The molecule has 0 fully saturated rings. The molecule has 12 rings (SSSR count). The van der Waals surface area contributed by atoms with E-state index < -0.39 is 0 Å². The summed E-state index contributed by atoms with van der Waals surface area (Å²) < 4.78 is 2.45. The lowest BCUT2D eigenvalue weighted by Crippen LogP contribution is -1.96. The second kappa shape index (κ2) is 14.3. The highest BCUT2D eigenvalue weighted by Crippen LogP contribution is 2.45. The van der Waals surface area contributed by atoms with E-state index in [1.807, 2.05) is 24.3 Å². The van der Waals surface area contributed by atoms with Gasteiger partial charge >= 0.3 is 0 Å². The first kappa shape index (κ1) is 34.8. The Balaban J connectivity index is 1.10. The highest BCUT2D eigenvalue weighted by Gasteiger charge is 2.22. The molecule has 4 heteroatoms. The molecule has 284 valence electrons. The molecule has 0 saturated carbocycles. The van der Waals surface area contributed by atoms with Crippen molar-refractivity contribution in [2.24, 2.45) is 0 Å². The largest absolute Gasteiger partial charge is 0.309 e. The van der Waals surface area contributed by atoms with Crippen LogP contribution in [0.1, 0.15) is 0 Å². The molecule has 0 bridgehead atoms. The van der Waals surface area contributed by atoms with Crippen molar-refractivity contribution in [3.8, 4) is 62.0 Å². The van der Waals surface area contributed by atoms with Crippen LogP contribution in [0.2, 0.25) is 0 Å². The average Bonchev–Trinajstić information content (AvgIpc) is 3.69. The zero-order valence-corrected chi connectivity index (χ0v) is 33.1. The third kappa shape index (κ3) is 5.88. The molecule has 0 aliphatic rings. The van der Waals surface area contributed by atoms with Crippen LogP contribution in [0.4, 0.5) is 0 Å². The standard InChI is InChI=1S/C57H36N4/c1-5-16-38(17-6-1)50-36-51(60-57(59-50)40-20-9-3-10-21-40)42-31-29-37-28-30-41(34-43(37)35-42)45-25-15-26-48-54-52(61(56(45)48)44-22-11-4-12-23-44)33-32-47-53(54)46-24-13-14-27-49(46)58-55(47)39-18-7-2-8-19-39/h1-36H. The van der Waals surface area contributed by atoms with Gasteiger partial charge in [0.25, 0.3) is 0 Å². The van der Waals surface area contributed by atoms with Gasteiger partial charge in [0, 0.05) is 60.4 Å². The number of benzene rings is 9. The zero-order valence-electron chi connectivity index (χ0n) is 33.1. The van der Waals surface area contributed by atoms with Crippen molar-refractivity contribution in [2.45, 2.75) is 0 Å². The van der Waals surface area contributed by atoms with E-state index in [0.29, 0.717) is 5.82 Å². The van der Waals surface area contributed by atoms with Gasteiger partial charge in [0.1, 0.15) is 0 Å². The quantitative estimate of drug-likeness (QED) is 0.158. The Labute approximate surface area is 352 Å². The first-order chi connectivity index (χ1) is 30.2. The lowest BCUT2D eigenvalue weighted by molar-refractivity contribution is 1.18. The van der Waals surface area contributed by atoms with Gasteiger partial charge in [-0.3, -0.25) is 0 Å². The topological polar surface area (TPSA) is 43.6 Å². The molecule has 0 aliphatic heterocycles. The first-order valence-electron chi connectivity index (χ1n) is 20.7. The summed E-state index contributed by atoms with van der Waals surface area (Å²) in [5.74, 6) is 0.707. The fourth-order valence-corrected chi connectivity index (χ4v) is 9.13. The SMILES string of the molecule is c1ccc(-c2cc(-c3ccc4ccc(-c5cccc6c7c8c(ccc7n(-c7ccccc7)c56)c(-c5ccccc5)nc5ccccc58)cc4c3)nc(-c3ccccc3)n2)cc1. The van der Waals surface area contributed by atoms with E-state index in [4.69, 9.17) is 15.0 Å². The molecule has 12 aromatic rings. The van der Waals surface area contributed by atoms with Crippen molar-refractivity contribution in [2.75, 3.05) is 0 Å². The van der Waals surface area contributed by atoms with Crippen LogP contribution >= 0.6 is 0 Å². The monoisotopic (exact) mass is 776 g/mol. The fourth-order valence-electron chi connectivity index (χ4n) is 9.13. The van der Waals surface area contributed by atoms with Crippen LogP contribution in [0.15, 0.2) is 218 Å².